The fourth-order valence-electron chi connectivity index (χ4n) is 1.97. The number of benzene rings is 1. The number of aromatic nitrogens is 2. The minimum absolute atomic E-state index is 0.0192. The van der Waals surface area contributed by atoms with Crippen LogP contribution in [-0.4, -0.2) is 38.1 Å². The second kappa shape index (κ2) is 6.74. The molecule has 0 saturated carbocycles. The highest BCUT2D eigenvalue weighted by Crippen LogP contribution is 2.23. The van der Waals surface area contributed by atoms with Crippen LogP contribution in [0.2, 0.25) is 0 Å². The van der Waals surface area contributed by atoms with E-state index in [1.54, 1.807) is 0 Å². The normalized spacial score (nSPS) is 10.3. The summed E-state index contributed by atoms with van der Waals surface area (Å²) in [6, 6.07) is 3.08. The molecule has 0 bridgehead atoms. The van der Waals surface area contributed by atoms with Gasteiger partial charge in [-0.1, -0.05) is 0 Å². The van der Waals surface area contributed by atoms with Gasteiger partial charge in [0.05, 0.1) is 28.1 Å². The maximum absolute atomic E-state index is 12.5. The number of non-ortho nitro benzene ring substituents is 2. The van der Waals surface area contributed by atoms with Crippen molar-refractivity contribution >= 4 is 23.3 Å². The van der Waals surface area contributed by atoms with Crippen molar-refractivity contribution in [1.29, 1.82) is 0 Å². The minimum Gasteiger partial charge on any atom is -0.461 e. The molecule has 1 heterocycles. The van der Waals surface area contributed by atoms with E-state index in [1.165, 1.54) is 6.92 Å². The summed E-state index contributed by atoms with van der Waals surface area (Å²) in [5.74, 6) is -2.05. The molecule has 0 fully saturated rings. The molecule has 25 heavy (non-hydrogen) atoms. The Bertz CT molecular complexity index is 909. The molecule has 1 aromatic carbocycles. The van der Waals surface area contributed by atoms with Crippen LogP contribution in [-0.2, 0) is 4.74 Å². The van der Waals surface area contributed by atoms with Crippen molar-refractivity contribution in [2.45, 2.75) is 6.92 Å². The molecule has 0 amide bonds. The van der Waals surface area contributed by atoms with Gasteiger partial charge in [0.25, 0.3) is 22.8 Å². The van der Waals surface area contributed by atoms with Crippen molar-refractivity contribution < 1.29 is 24.2 Å². The third-order valence-corrected chi connectivity index (χ3v) is 2.99. The maximum Gasteiger partial charge on any atom is 0.357 e. The number of nitro benzene ring substituents is 2. The Balaban J connectivity index is 2.58. The lowest BCUT2D eigenvalue weighted by molar-refractivity contribution is -0.394. The lowest BCUT2D eigenvalue weighted by atomic mass is 10.1. The molecule has 0 unspecified atom stereocenters. The molecule has 12 nitrogen and oxygen atoms in total. The number of carbonyl (C=O) groups is 2. The molecule has 0 aliphatic rings. The van der Waals surface area contributed by atoms with E-state index in [9.17, 15) is 34.6 Å². The van der Waals surface area contributed by atoms with Gasteiger partial charge in [0.1, 0.15) is 0 Å². The smallest absolute Gasteiger partial charge is 0.357 e. The fraction of sp³-hybridized carbons (Fsp3) is 0.154. The predicted octanol–water partition coefficient (Wildman–Crippen LogP) is 0.858. The van der Waals surface area contributed by atoms with E-state index in [-0.39, 0.29) is 6.61 Å². The lowest BCUT2D eigenvalue weighted by Gasteiger charge is -2.06. The van der Waals surface area contributed by atoms with Crippen molar-refractivity contribution in [3.8, 4) is 0 Å². The van der Waals surface area contributed by atoms with Crippen molar-refractivity contribution in [3.63, 3.8) is 0 Å². The molecule has 1 aromatic heterocycles. The number of aromatic amines is 1. The number of hydrogen-bond acceptors (Lipinski definition) is 8. The van der Waals surface area contributed by atoms with E-state index in [4.69, 9.17) is 4.74 Å². The summed E-state index contributed by atoms with van der Waals surface area (Å²) in [6.07, 6.45) is 0. The third kappa shape index (κ3) is 3.57. The van der Waals surface area contributed by atoms with Crippen LogP contribution in [0.5, 0.6) is 0 Å². The molecule has 2 rings (SSSR count). The maximum atomic E-state index is 12.5. The summed E-state index contributed by atoms with van der Waals surface area (Å²) in [7, 11) is 0. The summed E-state index contributed by atoms with van der Waals surface area (Å²) >= 11 is 0. The van der Waals surface area contributed by atoms with Crippen LogP contribution >= 0.6 is 0 Å². The highest BCUT2D eigenvalue weighted by Gasteiger charge is 2.24. The van der Waals surface area contributed by atoms with Crippen molar-refractivity contribution in [2.24, 2.45) is 0 Å². The van der Waals surface area contributed by atoms with Gasteiger partial charge in [0.15, 0.2) is 5.69 Å². The predicted molar refractivity (Wildman–Crippen MR) is 80.5 cm³/mol. The molecule has 0 radical (unpaired) electrons. The quantitative estimate of drug-likeness (QED) is 0.470. The molecule has 1 N–H and O–H groups in total. The Hall–Kier alpha value is -3.83. The van der Waals surface area contributed by atoms with Gasteiger partial charge >= 0.3 is 5.97 Å². The van der Waals surface area contributed by atoms with Gasteiger partial charge in [-0.3, -0.25) is 34.9 Å². The summed E-state index contributed by atoms with van der Waals surface area (Å²) < 4.78 is 5.22. The Kier molecular flexibility index (Phi) is 4.72. The highest BCUT2D eigenvalue weighted by atomic mass is 16.6. The van der Waals surface area contributed by atoms with Gasteiger partial charge in [-0.25, -0.2) is 9.48 Å². The first-order valence-electron chi connectivity index (χ1n) is 6.72. The number of ether oxygens (including phenoxy) is 1. The van der Waals surface area contributed by atoms with Gasteiger partial charge < -0.3 is 4.74 Å². The first-order valence-corrected chi connectivity index (χ1v) is 6.72. The Morgan fingerprint density at radius 3 is 2.16 bits per heavy atom. The molecule has 12 heteroatoms. The van der Waals surface area contributed by atoms with Gasteiger partial charge in [0, 0.05) is 18.2 Å². The van der Waals surface area contributed by atoms with E-state index in [0.29, 0.717) is 10.7 Å². The van der Waals surface area contributed by atoms with E-state index in [2.05, 4.69) is 5.10 Å². The number of nitro groups is 2. The number of nitrogens with one attached hydrogen (secondary N) is 1. The Morgan fingerprint density at radius 1 is 1.12 bits per heavy atom. The topological polar surface area (TPSA) is 167 Å². The third-order valence-electron chi connectivity index (χ3n) is 2.99. The van der Waals surface area contributed by atoms with Gasteiger partial charge in [-0.15, -0.1) is 0 Å². The zero-order chi connectivity index (χ0) is 18.7. The molecule has 0 spiro atoms. The van der Waals surface area contributed by atoms with Crippen LogP contribution in [0.25, 0.3) is 0 Å². The molecule has 0 atom stereocenters. The molecular weight excluding hydrogens is 340 g/mol. The molecule has 2 aromatic rings. The lowest BCUT2D eigenvalue weighted by Crippen LogP contribution is -2.21. The second-order valence-corrected chi connectivity index (χ2v) is 4.62. The molecule has 130 valence electrons. The standard InChI is InChI=1S/C13H10N4O8/c1-2-25-13(20)10-6-11(18)14-15(10)12(19)7-3-8(16(21)22)5-9(4-7)17(23)24/h3-6H,2H2,1H3,(H,14,18). The van der Waals surface area contributed by atoms with Crippen LogP contribution in [0.15, 0.2) is 29.1 Å². The van der Waals surface area contributed by atoms with Gasteiger partial charge in [-0.05, 0) is 6.92 Å². The largest absolute Gasteiger partial charge is 0.461 e. The number of hydrogen-bond donors (Lipinski definition) is 1. The first-order chi connectivity index (χ1) is 11.7. The van der Waals surface area contributed by atoms with Crippen molar-refractivity contribution in [1.82, 2.24) is 9.78 Å². The van der Waals surface area contributed by atoms with Crippen LogP contribution in [0.1, 0.15) is 27.8 Å². The molecule has 0 saturated heterocycles. The summed E-state index contributed by atoms with van der Waals surface area (Å²) in [5, 5.41) is 23.8. The fourth-order valence-corrected chi connectivity index (χ4v) is 1.97. The van der Waals surface area contributed by atoms with E-state index in [0.717, 1.165) is 18.2 Å². The SMILES string of the molecule is CCOC(=O)c1cc(=O)[nH]n1C(=O)c1cc([N+](=O)[O-])cc([N+](=O)[O-])c1. The summed E-state index contributed by atoms with van der Waals surface area (Å²) in [5.41, 5.74) is -3.07. The van der Waals surface area contributed by atoms with Crippen molar-refractivity contribution in [3.05, 3.63) is 66.1 Å². The zero-order valence-corrected chi connectivity index (χ0v) is 12.6. The Labute approximate surface area is 137 Å². The van der Waals surface area contributed by atoms with Gasteiger partial charge in [0.2, 0.25) is 0 Å². The van der Waals surface area contributed by atoms with Crippen LogP contribution in [0.4, 0.5) is 11.4 Å². The van der Waals surface area contributed by atoms with Crippen LogP contribution < -0.4 is 5.56 Å². The number of esters is 1. The number of H-pyrrole nitrogens is 1. The molecule has 0 aliphatic carbocycles. The number of carbonyl (C=O) groups excluding carboxylic acids is 2. The van der Waals surface area contributed by atoms with E-state index >= 15 is 0 Å². The minimum atomic E-state index is -1.07. The monoisotopic (exact) mass is 350 g/mol. The molecular formula is C13H10N4O8. The average molecular weight is 350 g/mol. The first kappa shape index (κ1) is 17.5. The van der Waals surface area contributed by atoms with E-state index in [1.807, 2.05) is 0 Å². The number of nitrogens with zero attached hydrogens (tertiary/aromatic N) is 3. The zero-order valence-electron chi connectivity index (χ0n) is 12.6. The highest BCUT2D eigenvalue weighted by molar-refractivity contribution is 6.01. The van der Waals surface area contributed by atoms with Crippen molar-refractivity contribution in [2.75, 3.05) is 6.61 Å². The average Bonchev–Trinajstić information content (AvgIpc) is 2.95. The van der Waals surface area contributed by atoms with Gasteiger partial charge in [-0.2, -0.15) is 0 Å². The Morgan fingerprint density at radius 2 is 1.68 bits per heavy atom. The van der Waals surface area contributed by atoms with E-state index < -0.39 is 49.9 Å². The summed E-state index contributed by atoms with van der Waals surface area (Å²) in [4.78, 5) is 55.7. The second-order valence-electron chi connectivity index (χ2n) is 4.62. The van der Waals surface area contributed by atoms with Crippen LogP contribution in [0.3, 0.4) is 0 Å². The summed E-state index contributed by atoms with van der Waals surface area (Å²) in [6.45, 7) is 1.49. The number of rotatable bonds is 5. The van der Waals surface area contributed by atoms with Crippen LogP contribution in [0, 0.1) is 20.2 Å². The molecule has 0 aliphatic heterocycles.